The lowest BCUT2D eigenvalue weighted by atomic mass is 9.98. The second kappa shape index (κ2) is 6.89. The second-order valence-electron chi connectivity index (χ2n) is 5.41. The fourth-order valence-electron chi connectivity index (χ4n) is 2.18. The van der Waals surface area contributed by atoms with Crippen molar-refractivity contribution in [2.24, 2.45) is 0 Å². The minimum Gasteiger partial charge on any atom is -0.345 e. The van der Waals surface area contributed by atoms with Gasteiger partial charge in [-0.25, -0.2) is 0 Å². The first-order chi connectivity index (χ1) is 10.1. The molecule has 0 radical (unpaired) electrons. The second-order valence-corrected chi connectivity index (χ2v) is 5.41. The van der Waals surface area contributed by atoms with E-state index in [9.17, 15) is 4.79 Å². The largest absolute Gasteiger partial charge is 0.345 e. The zero-order valence-corrected chi connectivity index (χ0v) is 12.6. The Morgan fingerprint density at radius 3 is 2.29 bits per heavy atom. The van der Waals surface area contributed by atoms with Crippen molar-refractivity contribution in [3.05, 3.63) is 83.4 Å². The first-order valence-corrected chi connectivity index (χ1v) is 7.13. The molecule has 21 heavy (non-hydrogen) atoms. The van der Waals surface area contributed by atoms with Crippen molar-refractivity contribution >= 4 is 5.91 Å². The van der Waals surface area contributed by atoms with E-state index in [1.54, 1.807) is 6.92 Å². The molecule has 0 saturated heterocycles. The third-order valence-corrected chi connectivity index (χ3v) is 3.46. The highest BCUT2D eigenvalue weighted by Crippen LogP contribution is 2.19. The molecule has 0 aliphatic heterocycles. The van der Waals surface area contributed by atoms with E-state index in [-0.39, 0.29) is 11.9 Å². The van der Waals surface area contributed by atoms with Gasteiger partial charge in [-0.2, -0.15) is 0 Å². The first kappa shape index (κ1) is 15.0. The number of nitrogens with one attached hydrogen (secondary N) is 1. The Hall–Kier alpha value is -2.35. The Kier molecular flexibility index (Phi) is 4.94. The smallest absolute Gasteiger partial charge is 0.246 e. The van der Waals surface area contributed by atoms with Crippen molar-refractivity contribution < 1.29 is 4.79 Å². The van der Waals surface area contributed by atoms with Gasteiger partial charge in [-0.3, -0.25) is 4.79 Å². The van der Waals surface area contributed by atoms with Gasteiger partial charge < -0.3 is 5.32 Å². The maximum Gasteiger partial charge on any atom is 0.246 e. The van der Waals surface area contributed by atoms with Gasteiger partial charge in [0.05, 0.1) is 6.04 Å². The molecule has 0 aromatic heterocycles. The average molecular weight is 279 g/mol. The summed E-state index contributed by atoms with van der Waals surface area (Å²) in [6, 6.07) is 18.4. The third kappa shape index (κ3) is 4.32. The molecule has 2 aromatic rings. The SMILES string of the molecule is C=C(C)C(=O)N[C@@H](Cc1ccc(C)cc1)c1ccccc1. The summed E-state index contributed by atoms with van der Waals surface area (Å²) in [6.45, 7) is 7.50. The highest BCUT2D eigenvalue weighted by Gasteiger charge is 2.15. The molecule has 0 spiro atoms. The average Bonchev–Trinajstić information content (AvgIpc) is 2.49. The Balaban J connectivity index is 2.21. The van der Waals surface area contributed by atoms with Crippen molar-refractivity contribution in [1.82, 2.24) is 5.32 Å². The Morgan fingerprint density at radius 1 is 1.10 bits per heavy atom. The molecule has 2 rings (SSSR count). The van der Waals surface area contributed by atoms with Gasteiger partial charge in [-0.1, -0.05) is 66.7 Å². The zero-order valence-electron chi connectivity index (χ0n) is 12.6. The normalized spacial score (nSPS) is 11.7. The number of aryl methyl sites for hydroxylation is 1. The van der Waals surface area contributed by atoms with Gasteiger partial charge in [-0.15, -0.1) is 0 Å². The van der Waals surface area contributed by atoms with Crippen molar-refractivity contribution in [1.29, 1.82) is 0 Å². The molecule has 0 aliphatic rings. The van der Waals surface area contributed by atoms with Gasteiger partial charge in [0.25, 0.3) is 0 Å². The number of carbonyl (C=O) groups is 1. The third-order valence-electron chi connectivity index (χ3n) is 3.46. The van der Waals surface area contributed by atoms with E-state index in [0.717, 1.165) is 12.0 Å². The van der Waals surface area contributed by atoms with Crippen LogP contribution < -0.4 is 5.32 Å². The van der Waals surface area contributed by atoms with E-state index in [4.69, 9.17) is 0 Å². The van der Waals surface area contributed by atoms with Crippen LogP contribution in [0.1, 0.15) is 29.7 Å². The fraction of sp³-hybridized carbons (Fsp3) is 0.211. The summed E-state index contributed by atoms with van der Waals surface area (Å²) in [5.41, 5.74) is 4.07. The molecule has 0 unspecified atom stereocenters. The van der Waals surface area contributed by atoms with Crippen molar-refractivity contribution in [2.45, 2.75) is 26.3 Å². The Bertz CT molecular complexity index is 614. The molecule has 1 N–H and O–H groups in total. The van der Waals surface area contributed by atoms with Gasteiger partial charge in [0.2, 0.25) is 5.91 Å². The van der Waals surface area contributed by atoms with Crippen LogP contribution in [0.4, 0.5) is 0 Å². The standard InChI is InChI=1S/C19H21NO/c1-14(2)19(21)20-18(17-7-5-4-6-8-17)13-16-11-9-15(3)10-12-16/h4-12,18H,1,13H2,2-3H3,(H,20,21)/t18-/m0/s1. The van der Waals surface area contributed by atoms with E-state index in [1.807, 2.05) is 30.3 Å². The molecule has 1 amide bonds. The van der Waals surface area contributed by atoms with Gasteiger partial charge >= 0.3 is 0 Å². The summed E-state index contributed by atoms with van der Waals surface area (Å²) in [5, 5.41) is 3.06. The van der Waals surface area contributed by atoms with E-state index in [2.05, 4.69) is 43.1 Å². The lowest BCUT2D eigenvalue weighted by molar-refractivity contribution is -0.118. The number of hydrogen-bond donors (Lipinski definition) is 1. The van der Waals surface area contributed by atoms with Crippen molar-refractivity contribution in [3.8, 4) is 0 Å². The maximum atomic E-state index is 12.0. The molecular formula is C19H21NO. The Morgan fingerprint density at radius 2 is 1.71 bits per heavy atom. The van der Waals surface area contributed by atoms with Crippen LogP contribution in [0, 0.1) is 6.92 Å². The minimum absolute atomic E-state index is 0.0434. The highest BCUT2D eigenvalue weighted by molar-refractivity contribution is 5.92. The van der Waals surface area contributed by atoms with Crippen molar-refractivity contribution in [3.63, 3.8) is 0 Å². The topological polar surface area (TPSA) is 29.1 Å². The van der Waals surface area contributed by atoms with Crippen LogP contribution in [0.25, 0.3) is 0 Å². The van der Waals surface area contributed by atoms with Crippen LogP contribution in [-0.4, -0.2) is 5.91 Å². The molecular weight excluding hydrogens is 258 g/mol. The molecule has 0 bridgehead atoms. The summed E-state index contributed by atoms with van der Waals surface area (Å²) < 4.78 is 0. The van der Waals surface area contributed by atoms with Gasteiger partial charge in [0, 0.05) is 5.57 Å². The predicted molar refractivity (Wildman–Crippen MR) is 87.0 cm³/mol. The molecule has 0 fully saturated rings. The summed E-state index contributed by atoms with van der Waals surface area (Å²) in [6.07, 6.45) is 0.767. The molecule has 0 heterocycles. The summed E-state index contributed by atoms with van der Waals surface area (Å²) in [4.78, 5) is 12.0. The van der Waals surface area contributed by atoms with Gasteiger partial charge in [0.15, 0.2) is 0 Å². The number of hydrogen-bond acceptors (Lipinski definition) is 1. The van der Waals surface area contributed by atoms with Crippen LogP contribution in [0.2, 0.25) is 0 Å². The van der Waals surface area contributed by atoms with Gasteiger partial charge in [-0.05, 0) is 31.4 Å². The van der Waals surface area contributed by atoms with Crippen LogP contribution >= 0.6 is 0 Å². The molecule has 2 heteroatoms. The summed E-state index contributed by atoms with van der Waals surface area (Å²) >= 11 is 0. The van der Waals surface area contributed by atoms with Crippen LogP contribution in [0.15, 0.2) is 66.7 Å². The van der Waals surface area contributed by atoms with E-state index < -0.39 is 0 Å². The van der Waals surface area contributed by atoms with Crippen LogP contribution in [-0.2, 0) is 11.2 Å². The number of amides is 1. The van der Waals surface area contributed by atoms with E-state index in [0.29, 0.717) is 5.57 Å². The number of rotatable bonds is 5. The monoisotopic (exact) mass is 279 g/mol. The lowest BCUT2D eigenvalue weighted by Gasteiger charge is -2.19. The van der Waals surface area contributed by atoms with Crippen LogP contribution in [0.5, 0.6) is 0 Å². The molecule has 1 atom stereocenters. The minimum atomic E-state index is -0.101. The van der Waals surface area contributed by atoms with Crippen molar-refractivity contribution in [2.75, 3.05) is 0 Å². The molecule has 2 aromatic carbocycles. The molecule has 0 saturated carbocycles. The maximum absolute atomic E-state index is 12.0. The first-order valence-electron chi connectivity index (χ1n) is 7.13. The fourth-order valence-corrected chi connectivity index (χ4v) is 2.18. The zero-order chi connectivity index (χ0) is 15.2. The molecule has 2 nitrogen and oxygen atoms in total. The number of benzene rings is 2. The Labute approximate surface area is 126 Å². The summed E-state index contributed by atoms with van der Waals surface area (Å²) in [7, 11) is 0. The van der Waals surface area contributed by atoms with Gasteiger partial charge in [0.1, 0.15) is 0 Å². The van der Waals surface area contributed by atoms with E-state index in [1.165, 1.54) is 11.1 Å². The predicted octanol–water partition coefficient (Wildman–Crippen LogP) is 3.97. The highest BCUT2D eigenvalue weighted by atomic mass is 16.1. The number of carbonyl (C=O) groups excluding carboxylic acids is 1. The molecule has 0 aliphatic carbocycles. The quantitative estimate of drug-likeness (QED) is 0.824. The van der Waals surface area contributed by atoms with E-state index >= 15 is 0 Å². The molecule has 108 valence electrons. The lowest BCUT2D eigenvalue weighted by Crippen LogP contribution is -2.30. The van der Waals surface area contributed by atoms with Crippen LogP contribution in [0.3, 0.4) is 0 Å². The summed E-state index contributed by atoms with van der Waals surface area (Å²) in [5.74, 6) is -0.101.